The molecule has 0 spiro atoms. The first-order chi connectivity index (χ1) is 17.6. The first-order valence-corrected chi connectivity index (χ1v) is 14.8. The van der Waals surface area contributed by atoms with Crippen LogP contribution < -0.4 is 9.77 Å². The van der Waals surface area contributed by atoms with Gasteiger partial charge in [0.15, 0.2) is 0 Å². The third-order valence-electron chi connectivity index (χ3n) is 8.94. The Labute approximate surface area is 228 Å². The second-order valence-corrected chi connectivity index (χ2v) is 14.5. The summed E-state index contributed by atoms with van der Waals surface area (Å²) in [5, 5.41) is 1.71. The van der Waals surface area contributed by atoms with Gasteiger partial charge in [-0.1, -0.05) is 68.0 Å². The zero-order chi connectivity index (χ0) is 25.8. The van der Waals surface area contributed by atoms with Gasteiger partial charge in [-0.2, -0.15) is 0 Å². The normalized spacial score (nSPS) is 32.0. The maximum absolute atomic E-state index is 13.8. The van der Waals surface area contributed by atoms with Crippen molar-refractivity contribution in [3.63, 3.8) is 0 Å². The van der Waals surface area contributed by atoms with Crippen LogP contribution in [0.4, 0.5) is 5.69 Å². The summed E-state index contributed by atoms with van der Waals surface area (Å²) in [6.07, 6.45) is 0.888. The molecule has 7 atom stereocenters. The van der Waals surface area contributed by atoms with Crippen molar-refractivity contribution >= 4 is 52.2 Å². The fourth-order valence-electron chi connectivity index (χ4n) is 7.43. The van der Waals surface area contributed by atoms with Gasteiger partial charge in [-0.25, -0.2) is 0 Å². The van der Waals surface area contributed by atoms with Crippen LogP contribution in [0.25, 0.3) is 0 Å². The largest absolute Gasteiger partial charge is 0.307 e. The van der Waals surface area contributed by atoms with E-state index in [0.717, 1.165) is 16.3 Å². The molecule has 2 aromatic carbocycles. The minimum atomic E-state index is -0.302. The SMILES string of the molecule is CC(C)(C)c1ccc([C@@H]2c3sc(=O)[nH]c3S[C@@H]3[C@@H]4C[C@@H]([C@@H]5C(=O)N(c6ccc(Cl)cc6)C(=O)[C@@H]45)[C@@H]23)cc1. The Hall–Kier alpha value is -2.35. The number of amides is 2. The van der Waals surface area contributed by atoms with Crippen molar-refractivity contribution in [2.24, 2.45) is 29.6 Å². The van der Waals surface area contributed by atoms with Gasteiger partial charge in [-0.05, 0) is 65.0 Å². The third-order valence-corrected chi connectivity index (χ3v) is 11.8. The van der Waals surface area contributed by atoms with Crippen molar-refractivity contribution in [3.8, 4) is 0 Å². The molecule has 3 heterocycles. The maximum atomic E-state index is 13.8. The standard InChI is InChI=1S/C29H27ClN2O3S2/c1-29(2,3)14-6-4-13(5-7-14)19-20-17-12-18(23(20)36-25-24(19)37-28(35)31-25)22-21(17)26(33)32(27(22)34)16-10-8-15(30)9-11-16/h4-11,17-23H,12H2,1-3H3,(H,31,35)/t17-,18-,19+,20+,21+,22+,23-/m1/s1. The highest BCUT2D eigenvalue weighted by atomic mass is 35.5. The van der Waals surface area contributed by atoms with Gasteiger partial charge in [0.05, 0.1) is 22.5 Å². The van der Waals surface area contributed by atoms with E-state index in [9.17, 15) is 14.4 Å². The van der Waals surface area contributed by atoms with Gasteiger partial charge in [0, 0.05) is 21.1 Å². The number of thiazole rings is 1. The van der Waals surface area contributed by atoms with Crippen molar-refractivity contribution in [1.82, 2.24) is 4.98 Å². The number of rotatable bonds is 2. The molecule has 3 fully saturated rings. The first kappa shape index (κ1) is 23.7. The summed E-state index contributed by atoms with van der Waals surface area (Å²) in [6.45, 7) is 6.61. The summed E-state index contributed by atoms with van der Waals surface area (Å²) in [5.74, 6) is -0.283. The van der Waals surface area contributed by atoms with Gasteiger partial charge < -0.3 is 4.98 Å². The van der Waals surface area contributed by atoms with E-state index in [2.05, 4.69) is 50.0 Å². The van der Waals surface area contributed by atoms with Crippen LogP contribution in [0.2, 0.25) is 5.02 Å². The highest BCUT2D eigenvalue weighted by molar-refractivity contribution is 8.00. The second kappa shape index (κ2) is 8.08. The summed E-state index contributed by atoms with van der Waals surface area (Å²) >= 11 is 9.09. The lowest BCUT2D eigenvalue weighted by Gasteiger charge is -2.43. The summed E-state index contributed by atoms with van der Waals surface area (Å²) < 4.78 is 0. The molecule has 3 aromatic rings. The highest BCUT2D eigenvalue weighted by Gasteiger charge is 2.69. The van der Waals surface area contributed by atoms with Gasteiger partial charge in [-0.15, -0.1) is 11.8 Å². The van der Waals surface area contributed by atoms with Gasteiger partial charge >= 0.3 is 4.87 Å². The number of hydrogen-bond acceptors (Lipinski definition) is 5. The Balaban J connectivity index is 1.30. The van der Waals surface area contributed by atoms with Crippen LogP contribution in [0, 0.1) is 29.6 Å². The maximum Gasteiger partial charge on any atom is 0.305 e. The molecular weight excluding hydrogens is 524 g/mol. The molecular formula is C29H27ClN2O3S2. The Bertz CT molecular complexity index is 1490. The van der Waals surface area contributed by atoms with Gasteiger partial charge in [0.2, 0.25) is 11.8 Å². The van der Waals surface area contributed by atoms with E-state index in [-0.39, 0.29) is 62.9 Å². The Morgan fingerprint density at radius 3 is 2.22 bits per heavy atom. The molecule has 37 heavy (non-hydrogen) atoms. The number of nitrogens with zero attached hydrogens (tertiary/aromatic N) is 1. The Morgan fingerprint density at radius 1 is 0.919 bits per heavy atom. The number of carbonyl (C=O) groups is 2. The molecule has 190 valence electrons. The quantitative estimate of drug-likeness (QED) is 0.393. The van der Waals surface area contributed by atoms with E-state index in [1.165, 1.54) is 27.4 Å². The summed E-state index contributed by atoms with van der Waals surface area (Å²) in [7, 11) is 0. The lowest BCUT2D eigenvalue weighted by atomic mass is 9.68. The molecule has 1 aromatic heterocycles. The van der Waals surface area contributed by atoms with E-state index in [1.807, 2.05) is 0 Å². The zero-order valence-corrected chi connectivity index (χ0v) is 23.1. The average Bonchev–Trinajstić information content (AvgIpc) is 3.58. The van der Waals surface area contributed by atoms with E-state index >= 15 is 0 Å². The molecule has 2 amide bonds. The minimum absolute atomic E-state index is 0.0395. The topological polar surface area (TPSA) is 70.2 Å². The molecule has 4 aliphatic rings. The molecule has 1 saturated heterocycles. The predicted octanol–water partition coefficient (Wildman–Crippen LogP) is 6.07. The van der Waals surface area contributed by atoms with Crippen molar-refractivity contribution in [2.45, 2.75) is 48.8 Å². The fourth-order valence-corrected chi connectivity index (χ4v) is 10.4. The van der Waals surface area contributed by atoms with Crippen LogP contribution in [-0.4, -0.2) is 22.0 Å². The number of thioether (sulfide) groups is 1. The Morgan fingerprint density at radius 2 is 1.57 bits per heavy atom. The van der Waals surface area contributed by atoms with E-state index in [1.54, 1.807) is 36.0 Å². The summed E-state index contributed by atoms with van der Waals surface area (Å²) in [4.78, 5) is 45.5. The number of halogens is 1. The molecule has 0 unspecified atom stereocenters. The van der Waals surface area contributed by atoms with Gasteiger partial charge in [-0.3, -0.25) is 19.3 Å². The van der Waals surface area contributed by atoms with E-state index in [4.69, 9.17) is 11.6 Å². The van der Waals surface area contributed by atoms with Gasteiger partial charge in [0.25, 0.3) is 0 Å². The summed E-state index contributed by atoms with van der Waals surface area (Å²) in [6, 6.07) is 15.8. The molecule has 0 radical (unpaired) electrons. The number of aromatic amines is 1. The average molecular weight is 551 g/mol. The minimum Gasteiger partial charge on any atom is -0.307 e. The second-order valence-electron chi connectivity index (χ2n) is 11.8. The molecule has 2 aliphatic carbocycles. The molecule has 5 nitrogen and oxygen atoms in total. The molecule has 8 heteroatoms. The summed E-state index contributed by atoms with van der Waals surface area (Å²) in [5.41, 5.74) is 3.11. The number of fused-ring (bicyclic) bond motifs is 9. The molecule has 7 rings (SSSR count). The number of aromatic nitrogens is 1. The van der Waals surface area contributed by atoms with Crippen LogP contribution in [0.15, 0.2) is 58.4 Å². The molecule has 1 N–H and O–H groups in total. The number of carbonyl (C=O) groups excluding carboxylic acids is 2. The van der Waals surface area contributed by atoms with Crippen LogP contribution in [0.5, 0.6) is 0 Å². The predicted molar refractivity (Wildman–Crippen MR) is 148 cm³/mol. The van der Waals surface area contributed by atoms with Crippen molar-refractivity contribution in [2.75, 3.05) is 4.90 Å². The molecule has 2 saturated carbocycles. The molecule has 2 bridgehead atoms. The van der Waals surface area contributed by atoms with Crippen LogP contribution in [0.3, 0.4) is 0 Å². The van der Waals surface area contributed by atoms with Crippen LogP contribution >= 0.6 is 34.7 Å². The van der Waals surface area contributed by atoms with Crippen molar-refractivity contribution in [3.05, 3.63) is 79.2 Å². The Kier molecular flexibility index (Phi) is 5.18. The highest BCUT2D eigenvalue weighted by Crippen LogP contribution is 2.68. The number of H-pyrrole nitrogens is 1. The number of hydrogen-bond donors (Lipinski definition) is 1. The first-order valence-electron chi connectivity index (χ1n) is 12.8. The molecule has 2 aliphatic heterocycles. The van der Waals surface area contributed by atoms with Crippen LogP contribution in [0.1, 0.15) is 49.1 Å². The van der Waals surface area contributed by atoms with E-state index in [0.29, 0.717) is 10.7 Å². The lowest BCUT2D eigenvalue weighted by Crippen LogP contribution is -2.42. The van der Waals surface area contributed by atoms with Crippen molar-refractivity contribution < 1.29 is 9.59 Å². The lowest BCUT2D eigenvalue weighted by molar-refractivity contribution is -0.123. The van der Waals surface area contributed by atoms with Gasteiger partial charge in [0.1, 0.15) is 0 Å². The van der Waals surface area contributed by atoms with Crippen molar-refractivity contribution in [1.29, 1.82) is 0 Å². The number of imide groups is 1. The van der Waals surface area contributed by atoms with Crippen LogP contribution in [-0.2, 0) is 15.0 Å². The number of benzene rings is 2. The third kappa shape index (κ3) is 3.39. The monoisotopic (exact) mass is 550 g/mol. The fraction of sp³-hybridized carbons (Fsp3) is 0.414. The number of anilines is 1. The van der Waals surface area contributed by atoms with E-state index < -0.39 is 0 Å². The number of nitrogens with one attached hydrogen (secondary N) is 1. The zero-order valence-electron chi connectivity index (χ0n) is 20.7. The smallest absolute Gasteiger partial charge is 0.305 e.